The molecule has 24 heavy (non-hydrogen) atoms. The predicted octanol–water partition coefficient (Wildman–Crippen LogP) is 5.76. The fourth-order valence-electron chi connectivity index (χ4n) is 5.37. The van der Waals surface area contributed by atoms with Crippen LogP contribution in [0.5, 0.6) is 0 Å². The molecule has 120 valence electrons. The lowest BCUT2D eigenvalue weighted by atomic mass is 10.0. The summed E-state index contributed by atoms with van der Waals surface area (Å²) in [6, 6.07) is 18.3. The van der Waals surface area contributed by atoms with E-state index in [0.29, 0.717) is 5.54 Å². The van der Waals surface area contributed by atoms with E-state index in [1.54, 1.807) is 33.0 Å². The summed E-state index contributed by atoms with van der Waals surface area (Å²) in [7, 11) is -2.92. The smallest absolute Gasteiger partial charge is 0.0702 e. The van der Waals surface area contributed by atoms with E-state index in [1.165, 1.54) is 5.56 Å². The highest BCUT2D eigenvalue weighted by atomic mass is 29.3. The fraction of sp³-hybridized carbons (Fsp3) is 0.273. The van der Waals surface area contributed by atoms with Gasteiger partial charge in [0, 0.05) is 5.54 Å². The number of allylic oxidation sites excluding steroid dienone is 2. The lowest BCUT2D eigenvalue weighted by Gasteiger charge is -2.49. The van der Waals surface area contributed by atoms with Crippen molar-refractivity contribution in [2.75, 3.05) is 0 Å². The van der Waals surface area contributed by atoms with Crippen molar-refractivity contribution in [3.8, 4) is 0 Å². The van der Waals surface area contributed by atoms with Gasteiger partial charge in [0.25, 0.3) is 0 Å². The third kappa shape index (κ3) is 1.59. The van der Waals surface area contributed by atoms with E-state index in [4.69, 9.17) is 0 Å². The number of fused-ring (bicyclic) bond motifs is 6. The molecule has 3 aliphatic rings. The molecule has 0 saturated heterocycles. The molecule has 2 heteroatoms. The molecular formula is C22H24Si2. The summed E-state index contributed by atoms with van der Waals surface area (Å²) >= 11 is 0. The molecule has 1 heterocycles. The largest absolute Gasteiger partial charge is 0.0760 e. The summed E-state index contributed by atoms with van der Waals surface area (Å²) in [5, 5.41) is 1.80. The van der Waals surface area contributed by atoms with Crippen molar-refractivity contribution in [2.45, 2.75) is 38.2 Å². The number of hydrogen-bond acceptors (Lipinski definition) is 0. The molecule has 2 aromatic rings. The van der Waals surface area contributed by atoms with E-state index < -0.39 is 15.2 Å². The van der Waals surface area contributed by atoms with E-state index in [-0.39, 0.29) is 0 Å². The highest BCUT2D eigenvalue weighted by molar-refractivity contribution is 7.48. The molecule has 1 unspecified atom stereocenters. The molecule has 0 N–H and O–H groups in total. The maximum atomic E-state index is 2.67. The molecule has 0 amide bonds. The van der Waals surface area contributed by atoms with Crippen molar-refractivity contribution in [3.63, 3.8) is 0 Å². The second kappa shape index (κ2) is 4.50. The zero-order valence-electron chi connectivity index (χ0n) is 15.0. The summed E-state index contributed by atoms with van der Waals surface area (Å²) in [6.07, 6.45) is 3.68. The van der Waals surface area contributed by atoms with E-state index in [2.05, 4.69) is 80.8 Å². The molecule has 1 aliphatic heterocycles. The number of rotatable bonds is 0. The van der Waals surface area contributed by atoms with E-state index in [1.807, 2.05) is 0 Å². The van der Waals surface area contributed by atoms with Crippen LogP contribution in [0.15, 0.2) is 59.7 Å². The Morgan fingerprint density at radius 1 is 0.875 bits per heavy atom. The maximum Gasteiger partial charge on any atom is 0.0760 e. The molecule has 0 fully saturated rings. The summed E-state index contributed by atoms with van der Waals surface area (Å²) in [5.41, 5.74) is 10.3. The highest BCUT2D eigenvalue weighted by Crippen LogP contribution is 2.58. The Balaban J connectivity index is 1.83. The van der Waals surface area contributed by atoms with Gasteiger partial charge in [-0.1, -0.05) is 86.0 Å². The summed E-state index contributed by atoms with van der Waals surface area (Å²) in [4.78, 5) is 0. The van der Waals surface area contributed by atoms with Crippen molar-refractivity contribution in [1.29, 1.82) is 0 Å². The number of benzene rings is 2. The van der Waals surface area contributed by atoms with Crippen LogP contribution in [-0.4, -0.2) is 15.2 Å². The third-order valence-corrected chi connectivity index (χ3v) is 25.6. The normalized spacial score (nSPS) is 24.8. The Hall–Kier alpha value is -1.65. The molecule has 0 radical (unpaired) electrons. The average molecular weight is 345 g/mol. The lowest BCUT2D eigenvalue weighted by molar-refractivity contribution is 1.06. The Labute approximate surface area is 146 Å². The highest BCUT2D eigenvalue weighted by Gasteiger charge is 2.57. The Bertz CT molecular complexity index is 944. The summed E-state index contributed by atoms with van der Waals surface area (Å²) in [5.74, 6) is 0. The Morgan fingerprint density at radius 3 is 2.42 bits per heavy atom. The monoisotopic (exact) mass is 344 g/mol. The van der Waals surface area contributed by atoms with Gasteiger partial charge in [-0.05, 0) is 39.8 Å². The lowest BCUT2D eigenvalue weighted by Crippen LogP contribution is -2.62. The first-order valence-electron chi connectivity index (χ1n) is 9.06. The molecule has 0 bridgehead atoms. The first-order chi connectivity index (χ1) is 11.4. The third-order valence-electron chi connectivity index (χ3n) is 7.19. The summed E-state index contributed by atoms with van der Waals surface area (Å²) < 4.78 is 0. The van der Waals surface area contributed by atoms with Gasteiger partial charge >= 0.3 is 0 Å². The second-order valence-electron chi connectivity index (χ2n) is 8.70. The first kappa shape index (κ1) is 14.7. The standard InChI is InChI=1S/C22H24Si2/c1-23(2)21-17-11-7-5-9-15(17)13-19(21)20-14-16-10-6-8-12-18(16)22(20)24(23,3)4/h5-13,21H,14H2,1-4H3. The van der Waals surface area contributed by atoms with Gasteiger partial charge in [-0.3, -0.25) is 0 Å². The Kier molecular flexibility index (Phi) is 2.75. The predicted molar refractivity (Wildman–Crippen MR) is 109 cm³/mol. The molecule has 0 spiro atoms. The van der Waals surface area contributed by atoms with Crippen molar-refractivity contribution in [1.82, 2.24) is 0 Å². The molecule has 5 rings (SSSR count). The minimum absolute atomic E-state index is 0.712. The average Bonchev–Trinajstić information content (AvgIpc) is 3.12. The Morgan fingerprint density at radius 2 is 1.58 bits per heavy atom. The molecule has 0 aromatic heterocycles. The van der Waals surface area contributed by atoms with Crippen LogP contribution in [0.25, 0.3) is 11.3 Å². The quantitative estimate of drug-likeness (QED) is 0.533. The summed E-state index contributed by atoms with van der Waals surface area (Å²) in [6.45, 7) is 10.7. The number of hydrogen-bond donors (Lipinski definition) is 0. The fourth-order valence-corrected chi connectivity index (χ4v) is 16.6. The van der Waals surface area contributed by atoms with Gasteiger partial charge in [0.15, 0.2) is 0 Å². The van der Waals surface area contributed by atoms with Crippen LogP contribution < -0.4 is 0 Å². The molecule has 2 aromatic carbocycles. The SMILES string of the molecule is C[Si]1(C)C2=C(Cc3ccccc32)C2=Cc3ccccc3C2[Si]1(C)C. The van der Waals surface area contributed by atoms with Crippen molar-refractivity contribution in [3.05, 3.63) is 81.9 Å². The van der Waals surface area contributed by atoms with E-state index in [9.17, 15) is 0 Å². The minimum atomic E-state index is -1.48. The van der Waals surface area contributed by atoms with Crippen LogP contribution in [-0.2, 0) is 6.42 Å². The zero-order chi connectivity index (χ0) is 16.7. The second-order valence-corrected chi connectivity index (χ2v) is 24.1. The minimum Gasteiger partial charge on any atom is -0.0702 e. The van der Waals surface area contributed by atoms with Gasteiger partial charge < -0.3 is 0 Å². The molecular weight excluding hydrogens is 320 g/mol. The molecule has 1 atom stereocenters. The van der Waals surface area contributed by atoms with Crippen molar-refractivity contribution >= 4 is 26.5 Å². The van der Waals surface area contributed by atoms with Gasteiger partial charge in [-0.2, -0.15) is 0 Å². The van der Waals surface area contributed by atoms with E-state index >= 15 is 0 Å². The molecule has 0 saturated carbocycles. The van der Waals surface area contributed by atoms with Crippen LogP contribution in [0.1, 0.15) is 27.8 Å². The van der Waals surface area contributed by atoms with Gasteiger partial charge in [0.2, 0.25) is 0 Å². The molecule has 0 nitrogen and oxygen atoms in total. The van der Waals surface area contributed by atoms with E-state index in [0.717, 1.165) is 6.42 Å². The zero-order valence-corrected chi connectivity index (χ0v) is 17.0. The first-order valence-corrected chi connectivity index (χ1v) is 16.1. The van der Waals surface area contributed by atoms with Crippen molar-refractivity contribution in [2.24, 2.45) is 0 Å². The van der Waals surface area contributed by atoms with Crippen molar-refractivity contribution < 1.29 is 0 Å². The van der Waals surface area contributed by atoms with Crippen LogP contribution in [0.2, 0.25) is 26.2 Å². The van der Waals surface area contributed by atoms with Gasteiger partial charge in [0.1, 0.15) is 0 Å². The van der Waals surface area contributed by atoms with Crippen LogP contribution >= 0.6 is 0 Å². The maximum absolute atomic E-state index is 2.67. The topological polar surface area (TPSA) is 0 Å². The van der Waals surface area contributed by atoms with Crippen LogP contribution in [0.3, 0.4) is 0 Å². The van der Waals surface area contributed by atoms with Crippen LogP contribution in [0, 0.1) is 0 Å². The van der Waals surface area contributed by atoms with Crippen LogP contribution in [0.4, 0.5) is 0 Å². The van der Waals surface area contributed by atoms with Gasteiger partial charge in [-0.15, -0.1) is 0 Å². The van der Waals surface area contributed by atoms with Gasteiger partial charge in [-0.25, -0.2) is 0 Å². The molecule has 2 aliphatic carbocycles. The van der Waals surface area contributed by atoms with Gasteiger partial charge in [0.05, 0.1) is 15.2 Å².